The molecule has 130 valence electrons. The standard InChI is InChI=1S/C16H11Cl4N3OS/c17-10-6-7-11-12(8-10)25-15(21-11)23-14(16(18,19)20)22-13(24)9-4-2-1-3-5-9/h1-8,14H,(H,21,23)(H,22,24)/t14-/m0/s1. The smallest absolute Gasteiger partial charge is 0.252 e. The first-order valence-electron chi connectivity index (χ1n) is 7.08. The summed E-state index contributed by atoms with van der Waals surface area (Å²) in [7, 11) is 0. The van der Waals surface area contributed by atoms with Crippen molar-refractivity contribution in [2.45, 2.75) is 9.96 Å². The number of amides is 1. The lowest BCUT2D eigenvalue weighted by molar-refractivity contribution is 0.0942. The highest BCUT2D eigenvalue weighted by Crippen LogP contribution is 2.34. The van der Waals surface area contributed by atoms with Gasteiger partial charge in [0.05, 0.1) is 10.2 Å². The molecule has 0 saturated carbocycles. The van der Waals surface area contributed by atoms with E-state index >= 15 is 0 Å². The van der Waals surface area contributed by atoms with Crippen molar-refractivity contribution in [1.29, 1.82) is 0 Å². The van der Waals surface area contributed by atoms with Crippen molar-refractivity contribution in [1.82, 2.24) is 10.3 Å². The molecule has 0 bridgehead atoms. The number of alkyl halides is 3. The average Bonchev–Trinajstić information content (AvgIpc) is 2.95. The molecule has 2 aromatic carbocycles. The Bertz CT molecular complexity index is 895. The van der Waals surface area contributed by atoms with E-state index in [9.17, 15) is 4.79 Å². The zero-order chi connectivity index (χ0) is 18.0. The molecule has 25 heavy (non-hydrogen) atoms. The van der Waals surface area contributed by atoms with Gasteiger partial charge in [0.1, 0.15) is 6.17 Å². The number of fused-ring (bicyclic) bond motifs is 1. The van der Waals surface area contributed by atoms with Crippen molar-refractivity contribution in [3.8, 4) is 0 Å². The zero-order valence-electron chi connectivity index (χ0n) is 12.5. The van der Waals surface area contributed by atoms with Crippen LogP contribution in [-0.2, 0) is 0 Å². The van der Waals surface area contributed by atoms with Crippen LogP contribution in [0.3, 0.4) is 0 Å². The van der Waals surface area contributed by atoms with Gasteiger partial charge in [0.15, 0.2) is 5.13 Å². The van der Waals surface area contributed by atoms with Gasteiger partial charge in [0, 0.05) is 10.6 Å². The topological polar surface area (TPSA) is 54.0 Å². The van der Waals surface area contributed by atoms with Crippen LogP contribution >= 0.6 is 57.7 Å². The van der Waals surface area contributed by atoms with E-state index in [1.165, 1.54) is 11.3 Å². The number of halogens is 4. The Morgan fingerprint density at radius 2 is 1.84 bits per heavy atom. The zero-order valence-corrected chi connectivity index (χ0v) is 16.3. The molecule has 2 N–H and O–H groups in total. The van der Waals surface area contributed by atoms with E-state index in [1.807, 2.05) is 6.07 Å². The summed E-state index contributed by atoms with van der Waals surface area (Å²) < 4.78 is -0.896. The van der Waals surface area contributed by atoms with E-state index in [1.54, 1.807) is 42.5 Å². The van der Waals surface area contributed by atoms with Gasteiger partial charge in [-0.3, -0.25) is 4.79 Å². The van der Waals surface area contributed by atoms with Crippen molar-refractivity contribution >= 4 is 79.0 Å². The third kappa shape index (κ3) is 4.68. The predicted octanol–water partition coefficient (Wildman–Crippen LogP) is 5.49. The molecule has 0 unspecified atom stereocenters. The summed E-state index contributed by atoms with van der Waals surface area (Å²) in [6.45, 7) is 0. The van der Waals surface area contributed by atoms with Crippen molar-refractivity contribution in [3.05, 3.63) is 59.1 Å². The molecule has 0 radical (unpaired) electrons. The van der Waals surface area contributed by atoms with E-state index in [2.05, 4.69) is 15.6 Å². The summed E-state index contributed by atoms with van der Waals surface area (Å²) in [6.07, 6.45) is -0.971. The number of nitrogens with zero attached hydrogens (tertiary/aromatic N) is 1. The maximum Gasteiger partial charge on any atom is 0.252 e. The molecular weight excluding hydrogens is 424 g/mol. The van der Waals surface area contributed by atoms with Crippen LogP contribution in [0, 0.1) is 0 Å². The molecule has 1 heterocycles. The monoisotopic (exact) mass is 433 g/mol. The highest BCUT2D eigenvalue weighted by molar-refractivity contribution is 7.22. The molecule has 0 saturated heterocycles. The Balaban J connectivity index is 1.82. The second-order valence-corrected chi connectivity index (χ2v) is 8.93. The first-order valence-corrected chi connectivity index (χ1v) is 9.41. The van der Waals surface area contributed by atoms with Crippen LogP contribution < -0.4 is 10.6 Å². The van der Waals surface area contributed by atoms with Crippen LogP contribution in [0.2, 0.25) is 5.02 Å². The summed E-state index contributed by atoms with van der Waals surface area (Å²) >= 11 is 25.4. The van der Waals surface area contributed by atoms with Crippen LogP contribution in [0.25, 0.3) is 10.2 Å². The Morgan fingerprint density at radius 1 is 1.12 bits per heavy atom. The van der Waals surface area contributed by atoms with Crippen molar-refractivity contribution in [2.24, 2.45) is 0 Å². The molecule has 3 rings (SSSR count). The first-order chi connectivity index (χ1) is 11.8. The van der Waals surface area contributed by atoms with Gasteiger partial charge in [0.2, 0.25) is 3.79 Å². The third-order valence-corrected chi connectivity index (χ3v) is 5.10. The number of anilines is 1. The van der Waals surface area contributed by atoms with Gasteiger partial charge in [-0.2, -0.15) is 0 Å². The van der Waals surface area contributed by atoms with E-state index in [0.29, 0.717) is 15.7 Å². The quantitative estimate of drug-likeness (QED) is 0.421. The number of hydrogen-bond donors (Lipinski definition) is 2. The van der Waals surface area contributed by atoms with Gasteiger partial charge in [-0.1, -0.05) is 75.9 Å². The SMILES string of the molecule is O=C(N[C@@H](Nc1nc2ccc(Cl)cc2s1)C(Cl)(Cl)Cl)c1ccccc1. The molecule has 3 aromatic rings. The summed E-state index contributed by atoms with van der Waals surface area (Å²) in [4.78, 5) is 16.8. The predicted molar refractivity (Wildman–Crippen MR) is 106 cm³/mol. The van der Waals surface area contributed by atoms with E-state index in [4.69, 9.17) is 46.4 Å². The molecule has 1 amide bonds. The molecule has 0 spiro atoms. The molecule has 0 aliphatic carbocycles. The maximum atomic E-state index is 12.3. The molecule has 1 atom stereocenters. The summed E-state index contributed by atoms with van der Waals surface area (Å²) in [5.74, 6) is -0.367. The lowest BCUT2D eigenvalue weighted by Gasteiger charge is -2.26. The maximum absolute atomic E-state index is 12.3. The van der Waals surface area contributed by atoms with Crippen molar-refractivity contribution in [3.63, 3.8) is 0 Å². The summed E-state index contributed by atoms with van der Waals surface area (Å²) in [5, 5.41) is 6.75. The van der Waals surface area contributed by atoms with Crippen LogP contribution in [0.15, 0.2) is 48.5 Å². The van der Waals surface area contributed by atoms with Gasteiger partial charge < -0.3 is 10.6 Å². The Hall–Kier alpha value is -1.24. The Morgan fingerprint density at radius 3 is 2.52 bits per heavy atom. The van der Waals surface area contributed by atoms with Crippen LogP contribution in [0.1, 0.15) is 10.4 Å². The minimum Gasteiger partial charge on any atom is -0.338 e. The number of thiazole rings is 1. The second kappa shape index (κ2) is 7.56. The lowest BCUT2D eigenvalue weighted by Crippen LogP contribution is -2.49. The van der Waals surface area contributed by atoms with E-state index < -0.39 is 9.96 Å². The first kappa shape index (κ1) is 18.5. The van der Waals surface area contributed by atoms with Gasteiger partial charge in [-0.05, 0) is 30.3 Å². The molecule has 1 aromatic heterocycles. The lowest BCUT2D eigenvalue weighted by atomic mass is 10.2. The number of aromatic nitrogens is 1. The highest BCUT2D eigenvalue weighted by atomic mass is 35.6. The summed E-state index contributed by atoms with van der Waals surface area (Å²) in [6, 6.07) is 14.0. The highest BCUT2D eigenvalue weighted by Gasteiger charge is 2.35. The number of benzene rings is 2. The molecule has 0 aliphatic rings. The molecule has 9 heteroatoms. The van der Waals surface area contributed by atoms with Gasteiger partial charge in [0.25, 0.3) is 5.91 Å². The molecule has 0 aliphatic heterocycles. The largest absolute Gasteiger partial charge is 0.338 e. The normalized spacial score (nSPS) is 12.8. The Labute approximate surface area is 168 Å². The van der Waals surface area contributed by atoms with E-state index in [-0.39, 0.29) is 5.91 Å². The van der Waals surface area contributed by atoms with Gasteiger partial charge in [-0.15, -0.1) is 0 Å². The second-order valence-electron chi connectivity index (χ2n) is 5.09. The third-order valence-electron chi connectivity index (χ3n) is 3.26. The van der Waals surface area contributed by atoms with Crippen molar-refractivity contribution in [2.75, 3.05) is 5.32 Å². The molecule has 4 nitrogen and oxygen atoms in total. The van der Waals surface area contributed by atoms with E-state index in [0.717, 1.165) is 10.2 Å². The van der Waals surface area contributed by atoms with Crippen LogP contribution in [0.5, 0.6) is 0 Å². The number of carbonyl (C=O) groups is 1. The van der Waals surface area contributed by atoms with Crippen LogP contribution in [-0.4, -0.2) is 20.8 Å². The minimum atomic E-state index is -1.78. The number of hydrogen-bond acceptors (Lipinski definition) is 4. The fourth-order valence-electron chi connectivity index (χ4n) is 2.09. The molecule has 0 fully saturated rings. The number of rotatable bonds is 4. The fourth-order valence-corrected chi connectivity index (χ4v) is 3.58. The van der Waals surface area contributed by atoms with Crippen molar-refractivity contribution < 1.29 is 4.79 Å². The molecular formula is C16H11Cl4N3OS. The van der Waals surface area contributed by atoms with Crippen LogP contribution in [0.4, 0.5) is 5.13 Å². The van der Waals surface area contributed by atoms with Gasteiger partial charge in [-0.25, -0.2) is 4.98 Å². The number of carbonyl (C=O) groups excluding carboxylic acids is 1. The fraction of sp³-hybridized carbons (Fsp3) is 0.125. The minimum absolute atomic E-state index is 0.367. The van der Waals surface area contributed by atoms with Gasteiger partial charge >= 0.3 is 0 Å². The summed E-state index contributed by atoms with van der Waals surface area (Å²) in [5.41, 5.74) is 1.22. The number of nitrogens with one attached hydrogen (secondary N) is 2. The average molecular weight is 435 g/mol. The Kier molecular flexibility index (Phi) is 5.61.